The first-order valence-corrected chi connectivity index (χ1v) is 8.93. The van der Waals surface area contributed by atoms with Crippen LogP contribution in [0.4, 0.5) is 11.4 Å². The summed E-state index contributed by atoms with van der Waals surface area (Å²) >= 11 is 8.93. The fourth-order valence-corrected chi connectivity index (χ4v) is 3.64. The van der Waals surface area contributed by atoms with Crippen LogP contribution in [0, 0.1) is 0 Å². The lowest BCUT2D eigenvalue weighted by Gasteiger charge is -2.11. The van der Waals surface area contributed by atoms with Crippen molar-refractivity contribution >= 4 is 54.8 Å². The second kappa shape index (κ2) is 6.77. The van der Waals surface area contributed by atoms with Crippen molar-refractivity contribution in [2.45, 2.75) is 11.8 Å². The van der Waals surface area contributed by atoms with Crippen LogP contribution in [0.15, 0.2) is 45.8 Å². The lowest BCUT2D eigenvalue weighted by atomic mass is 10.3. The molecule has 1 amide bonds. The Balaban J connectivity index is 2.30. The minimum absolute atomic E-state index is 0.0258. The van der Waals surface area contributed by atoms with Gasteiger partial charge in [0.05, 0.1) is 15.1 Å². The molecule has 0 radical (unpaired) electrons. The van der Waals surface area contributed by atoms with E-state index in [0.29, 0.717) is 5.69 Å². The number of benzene rings is 2. The van der Waals surface area contributed by atoms with Crippen LogP contribution < -0.4 is 10.0 Å². The van der Waals surface area contributed by atoms with Gasteiger partial charge in [-0.05, 0) is 52.3 Å². The van der Waals surface area contributed by atoms with Crippen LogP contribution in [0.25, 0.3) is 0 Å². The van der Waals surface area contributed by atoms with Crippen LogP contribution >= 0.6 is 27.5 Å². The number of hydrogen-bond acceptors (Lipinski definition) is 4. The first-order valence-electron chi connectivity index (χ1n) is 6.27. The van der Waals surface area contributed by atoms with E-state index in [1.807, 2.05) is 0 Å². The maximum Gasteiger partial charge on any atom is 0.262 e. The molecule has 6 nitrogen and oxygen atoms in total. The van der Waals surface area contributed by atoms with Crippen molar-refractivity contribution in [1.29, 1.82) is 0 Å². The number of sulfonamides is 1. The molecule has 2 aromatic rings. The summed E-state index contributed by atoms with van der Waals surface area (Å²) in [5.74, 6) is -0.528. The molecule has 3 N–H and O–H groups in total. The molecule has 0 aliphatic rings. The molecule has 23 heavy (non-hydrogen) atoms. The third-order valence-electron chi connectivity index (χ3n) is 2.76. The van der Waals surface area contributed by atoms with E-state index in [0.717, 1.165) is 0 Å². The third-order valence-corrected chi connectivity index (χ3v) is 4.96. The van der Waals surface area contributed by atoms with Gasteiger partial charge in [0.2, 0.25) is 5.91 Å². The first kappa shape index (κ1) is 17.6. The van der Waals surface area contributed by atoms with E-state index in [4.69, 9.17) is 11.6 Å². The van der Waals surface area contributed by atoms with Crippen LogP contribution in [0.5, 0.6) is 5.75 Å². The van der Waals surface area contributed by atoms with Gasteiger partial charge in [0, 0.05) is 17.6 Å². The molecule has 0 aromatic heterocycles. The zero-order valence-electron chi connectivity index (χ0n) is 11.8. The van der Waals surface area contributed by atoms with Crippen molar-refractivity contribution in [3.8, 4) is 5.75 Å². The Morgan fingerprint density at radius 3 is 2.39 bits per heavy atom. The number of nitrogens with one attached hydrogen (secondary N) is 2. The molecule has 0 saturated heterocycles. The summed E-state index contributed by atoms with van der Waals surface area (Å²) in [7, 11) is -3.92. The monoisotopic (exact) mass is 418 g/mol. The van der Waals surface area contributed by atoms with Crippen molar-refractivity contribution in [2.24, 2.45) is 0 Å². The lowest BCUT2D eigenvalue weighted by Crippen LogP contribution is -2.13. The number of aromatic hydroxyl groups is 1. The van der Waals surface area contributed by atoms with E-state index >= 15 is 0 Å². The number of rotatable bonds is 4. The number of carbonyl (C=O) groups is 1. The Bertz CT molecular complexity index is 854. The van der Waals surface area contributed by atoms with E-state index in [-0.39, 0.29) is 31.7 Å². The van der Waals surface area contributed by atoms with Gasteiger partial charge in [-0.2, -0.15) is 0 Å². The molecule has 0 aliphatic carbocycles. The van der Waals surface area contributed by atoms with Gasteiger partial charge < -0.3 is 10.4 Å². The number of amides is 1. The Labute approximate surface area is 146 Å². The van der Waals surface area contributed by atoms with E-state index in [1.54, 1.807) is 0 Å². The van der Waals surface area contributed by atoms with E-state index in [1.165, 1.54) is 43.3 Å². The minimum atomic E-state index is -3.92. The average Bonchev–Trinajstić information content (AvgIpc) is 2.44. The molecule has 0 unspecified atom stereocenters. The summed E-state index contributed by atoms with van der Waals surface area (Å²) in [5, 5.41) is 12.7. The SMILES string of the molecule is CC(=O)Nc1ccc(S(=O)(=O)Nc2cc(Cl)cc(Br)c2O)cc1. The van der Waals surface area contributed by atoms with Gasteiger partial charge in [0.25, 0.3) is 10.0 Å². The van der Waals surface area contributed by atoms with Gasteiger partial charge in [-0.15, -0.1) is 0 Å². The van der Waals surface area contributed by atoms with Crippen molar-refractivity contribution in [2.75, 3.05) is 10.0 Å². The van der Waals surface area contributed by atoms with Gasteiger partial charge in [0.15, 0.2) is 5.75 Å². The Morgan fingerprint density at radius 1 is 1.22 bits per heavy atom. The number of hydrogen-bond donors (Lipinski definition) is 3. The van der Waals surface area contributed by atoms with Gasteiger partial charge in [0.1, 0.15) is 0 Å². The molecule has 122 valence electrons. The molecular formula is C14H12BrClN2O4S. The van der Waals surface area contributed by atoms with E-state index in [9.17, 15) is 18.3 Å². The summed E-state index contributed by atoms with van der Waals surface area (Å²) in [5.41, 5.74) is 0.431. The van der Waals surface area contributed by atoms with Crippen LogP contribution in [0.1, 0.15) is 6.92 Å². The fraction of sp³-hybridized carbons (Fsp3) is 0.0714. The molecule has 0 saturated carbocycles. The number of phenols is 1. The molecule has 0 atom stereocenters. The average molecular weight is 420 g/mol. The Kier molecular flexibility index (Phi) is 5.18. The summed E-state index contributed by atoms with van der Waals surface area (Å²) in [6.45, 7) is 1.35. The van der Waals surface area contributed by atoms with Crippen molar-refractivity contribution in [3.63, 3.8) is 0 Å². The lowest BCUT2D eigenvalue weighted by molar-refractivity contribution is -0.114. The fourth-order valence-electron chi connectivity index (χ4n) is 1.77. The van der Waals surface area contributed by atoms with Crippen LogP contribution in [0.3, 0.4) is 0 Å². The topological polar surface area (TPSA) is 95.5 Å². The number of halogens is 2. The van der Waals surface area contributed by atoms with E-state index in [2.05, 4.69) is 26.0 Å². The molecular weight excluding hydrogens is 408 g/mol. The summed E-state index contributed by atoms with van der Waals surface area (Å²) < 4.78 is 27.2. The molecule has 0 aliphatic heterocycles. The minimum Gasteiger partial charge on any atom is -0.505 e. The van der Waals surface area contributed by atoms with Gasteiger partial charge >= 0.3 is 0 Å². The number of phenolic OH excluding ortho intramolecular Hbond substituents is 1. The first-order chi connectivity index (χ1) is 10.7. The predicted octanol–water partition coefficient (Wildman–Crippen LogP) is 3.57. The molecule has 2 aromatic carbocycles. The maximum absolute atomic E-state index is 12.3. The van der Waals surface area contributed by atoms with Crippen LogP contribution in [-0.2, 0) is 14.8 Å². The molecule has 0 bridgehead atoms. The summed E-state index contributed by atoms with van der Waals surface area (Å²) in [6, 6.07) is 8.34. The smallest absolute Gasteiger partial charge is 0.262 e. The summed E-state index contributed by atoms with van der Waals surface area (Å²) in [6.07, 6.45) is 0. The zero-order valence-corrected chi connectivity index (χ0v) is 15.0. The quantitative estimate of drug-likeness (QED) is 0.660. The van der Waals surface area contributed by atoms with E-state index < -0.39 is 10.0 Å². The van der Waals surface area contributed by atoms with Crippen molar-refractivity contribution in [3.05, 3.63) is 45.9 Å². The molecule has 0 spiro atoms. The van der Waals surface area contributed by atoms with Crippen molar-refractivity contribution in [1.82, 2.24) is 0 Å². The number of carbonyl (C=O) groups excluding carboxylic acids is 1. The van der Waals surface area contributed by atoms with Gasteiger partial charge in [-0.1, -0.05) is 11.6 Å². The highest BCUT2D eigenvalue weighted by Crippen LogP contribution is 2.36. The van der Waals surface area contributed by atoms with Gasteiger partial charge in [-0.3, -0.25) is 9.52 Å². The van der Waals surface area contributed by atoms with Crippen LogP contribution in [-0.4, -0.2) is 19.4 Å². The second-order valence-electron chi connectivity index (χ2n) is 4.59. The highest BCUT2D eigenvalue weighted by Gasteiger charge is 2.18. The highest BCUT2D eigenvalue weighted by molar-refractivity contribution is 9.10. The Morgan fingerprint density at radius 2 is 1.83 bits per heavy atom. The molecule has 9 heteroatoms. The highest BCUT2D eigenvalue weighted by atomic mass is 79.9. The molecule has 0 fully saturated rings. The third kappa shape index (κ3) is 4.37. The molecule has 0 heterocycles. The standard InChI is InChI=1S/C14H12BrClN2O4S/c1-8(19)17-10-2-4-11(5-3-10)23(21,22)18-13-7-9(16)6-12(15)14(13)20/h2-7,18,20H,1H3,(H,17,19). The Hall–Kier alpha value is -1.77. The van der Waals surface area contributed by atoms with Crippen LogP contribution in [0.2, 0.25) is 5.02 Å². The molecule has 2 rings (SSSR count). The van der Waals surface area contributed by atoms with Gasteiger partial charge in [-0.25, -0.2) is 8.42 Å². The number of anilines is 2. The second-order valence-corrected chi connectivity index (χ2v) is 7.57. The summed E-state index contributed by atoms with van der Waals surface area (Å²) in [4.78, 5) is 10.9. The predicted molar refractivity (Wildman–Crippen MR) is 92.4 cm³/mol. The maximum atomic E-state index is 12.3. The normalized spacial score (nSPS) is 11.1. The zero-order chi connectivity index (χ0) is 17.2. The van der Waals surface area contributed by atoms with Crippen molar-refractivity contribution < 1.29 is 18.3 Å². The largest absolute Gasteiger partial charge is 0.505 e.